The van der Waals surface area contributed by atoms with E-state index < -0.39 is 6.04 Å². The summed E-state index contributed by atoms with van der Waals surface area (Å²) in [5.74, 6) is 0.294. The molecular weight excluding hydrogens is 280 g/mol. The van der Waals surface area contributed by atoms with Crippen LogP contribution in [0.4, 0.5) is 5.69 Å². The number of nitrogens with one attached hydrogen (secondary N) is 1. The molecule has 0 aliphatic heterocycles. The van der Waals surface area contributed by atoms with E-state index >= 15 is 0 Å². The minimum absolute atomic E-state index is 0.125. The second-order valence-electron chi connectivity index (χ2n) is 4.69. The number of carbonyl (C=O) groups is 1. The summed E-state index contributed by atoms with van der Waals surface area (Å²) in [6.07, 6.45) is 0.696. The molecule has 0 saturated heterocycles. The van der Waals surface area contributed by atoms with E-state index in [1.807, 2.05) is 25.1 Å². The number of hydrogen-bond donors (Lipinski definition) is 2. The Bertz CT molecular complexity index is 404. The zero-order valence-corrected chi connectivity index (χ0v) is 12.0. The zero-order chi connectivity index (χ0) is 13.0. The Labute approximate surface area is 111 Å². The Hall–Kier alpha value is -0.870. The first-order valence-corrected chi connectivity index (χ1v) is 6.52. The van der Waals surface area contributed by atoms with Gasteiger partial charge in [0.05, 0.1) is 6.04 Å². The van der Waals surface area contributed by atoms with Gasteiger partial charge >= 0.3 is 0 Å². The van der Waals surface area contributed by atoms with E-state index in [-0.39, 0.29) is 5.91 Å². The van der Waals surface area contributed by atoms with Gasteiger partial charge in [0.25, 0.3) is 0 Å². The minimum Gasteiger partial charge on any atom is -0.325 e. The Morgan fingerprint density at radius 1 is 1.47 bits per heavy atom. The van der Waals surface area contributed by atoms with Crippen LogP contribution < -0.4 is 11.1 Å². The summed E-state index contributed by atoms with van der Waals surface area (Å²) in [5, 5.41) is 2.83. The fourth-order valence-electron chi connectivity index (χ4n) is 1.57. The number of benzene rings is 1. The topological polar surface area (TPSA) is 55.1 Å². The van der Waals surface area contributed by atoms with Gasteiger partial charge in [0.15, 0.2) is 0 Å². The minimum atomic E-state index is -0.445. The molecule has 1 rings (SSSR count). The first kappa shape index (κ1) is 14.2. The molecule has 1 amide bonds. The Morgan fingerprint density at radius 3 is 2.65 bits per heavy atom. The molecule has 4 heteroatoms. The van der Waals surface area contributed by atoms with Crippen LogP contribution in [0.15, 0.2) is 22.7 Å². The molecule has 0 saturated carbocycles. The molecule has 0 fully saturated rings. The number of hydrogen-bond acceptors (Lipinski definition) is 2. The number of rotatable bonds is 4. The normalized spacial score (nSPS) is 12.6. The lowest BCUT2D eigenvalue weighted by molar-refractivity contribution is -0.117. The number of carbonyl (C=O) groups excluding carboxylic acids is 1. The maximum Gasteiger partial charge on any atom is 0.241 e. The molecule has 17 heavy (non-hydrogen) atoms. The second-order valence-corrected chi connectivity index (χ2v) is 5.54. The van der Waals surface area contributed by atoms with Crippen LogP contribution in [0.5, 0.6) is 0 Å². The van der Waals surface area contributed by atoms with E-state index in [1.165, 1.54) is 0 Å². The molecule has 3 N–H and O–H groups in total. The van der Waals surface area contributed by atoms with Crippen LogP contribution in [-0.4, -0.2) is 11.9 Å². The van der Waals surface area contributed by atoms with Crippen LogP contribution in [0, 0.1) is 12.8 Å². The highest BCUT2D eigenvalue weighted by atomic mass is 79.9. The Balaban J connectivity index is 2.64. The van der Waals surface area contributed by atoms with Crippen LogP contribution in [-0.2, 0) is 4.79 Å². The summed E-state index contributed by atoms with van der Waals surface area (Å²) in [5.41, 5.74) is 7.68. The second kappa shape index (κ2) is 6.17. The fraction of sp³-hybridized carbons (Fsp3) is 0.462. The van der Waals surface area contributed by atoms with Crippen LogP contribution in [0.3, 0.4) is 0 Å². The largest absolute Gasteiger partial charge is 0.325 e. The molecule has 0 aromatic heterocycles. The molecule has 0 bridgehead atoms. The molecule has 1 aromatic rings. The number of halogens is 1. The third-order valence-electron chi connectivity index (χ3n) is 2.49. The number of nitrogens with two attached hydrogens (primary N) is 1. The molecule has 0 aliphatic rings. The third-order valence-corrected chi connectivity index (χ3v) is 3.38. The van der Waals surface area contributed by atoms with Crippen LogP contribution in [0.1, 0.15) is 25.8 Å². The molecule has 1 atom stereocenters. The van der Waals surface area contributed by atoms with Crippen molar-refractivity contribution in [3.8, 4) is 0 Å². The highest BCUT2D eigenvalue weighted by molar-refractivity contribution is 9.10. The molecule has 94 valence electrons. The molecule has 0 aliphatic carbocycles. The van der Waals surface area contributed by atoms with E-state index in [4.69, 9.17) is 5.73 Å². The third kappa shape index (κ3) is 4.48. The van der Waals surface area contributed by atoms with Crippen molar-refractivity contribution >= 4 is 27.5 Å². The first-order chi connectivity index (χ1) is 7.90. The van der Waals surface area contributed by atoms with E-state index in [2.05, 4.69) is 35.1 Å². The number of anilines is 1. The highest BCUT2D eigenvalue weighted by Gasteiger charge is 2.15. The monoisotopic (exact) mass is 298 g/mol. The van der Waals surface area contributed by atoms with Crippen molar-refractivity contribution < 1.29 is 4.79 Å². The van der Waals surface area contributed by atoms with Gasteiger partial charge in [-0.2, -0.15) is 0 Å². The van der Waals surface area contributed by atoms with Crippen LogP contribution in [0.25, 0.3) is 0 Å². The predicted molar refractivity (Wildman–Crippen MR) is 74.9 cm³/mol. The van der Waals surface area contributed by atoms with Gasteiger partial charge in [-0.15, -0.1) is 0 Å². The molecule has 0 spiro atoms. The summed E-state index contributed by atoms with van der Waals surface area (Å²) in [7, 11) is 0. The maximum absolute atomic E-state index is 11.8. The highest BCUT2D eigenvalue weighted by Crippen LogP contribution is 2.20. The molecule has 1 unspecified atom stereocenters. The lowest BCUT2D eigenvalue weighted by Crippen LogP contribution is -2.36. The smallest absolute Gasteiger partial charge is 0.241 e. The fourth-order valence-corrected chi connectivity index (χ4v) is 1.82. The SMILES string of the molecule is Cc1cc(NC(=O)C(N)CC(C)C)ccc1Br. The summed E-state index contributed by atoms with van der Waals surface area (Å²) in [6.45, 7) is 6.08. The summed E-state index contributed by atoms with van der Waals surface area (Å²) in [4.78, 5) is 11.8. The average molecular weight is 299 g/mol. The molecule has 1 aromatic carbocycles. The molecule has 3 nitrogen and oxygen atoms in total. The van der Waals surface area contributed by atoms with Gasteiger partial charge in [-0.1, -0.05) is 29.8 Å². The summed E-state index contributed by atoms with van der Waals surface area (Å²) in [6, 6.07) is 5.25. The molecular formula is C13H19BrN2O. The quantitative estimate of drug-likeness (QED) is 0.897. The van der Waals surface area contributed by atoms with Crippen LogP contribution >= 0.6 is 15.9 Å². The van der Waals surface area contributed by atoms with E-state index in [0.717, 1.165) is 15.7 Å². The summed E-state index contributed by atoms with van der Waals surface area (Å²) < 4.78 is 1.03. The van der Waals surface area contributed by atoms with Gasteiger partial charge in [-0.3, -0.25) is 4.79 Å². The van der Waals surface area contributed by atoms with Crippen molar-refractivity contribution in [3.05, 3.63) is 28.2 Å². The number of amides is 1. The van der Waals surface area contributed by atoms with Gasteiger partial charge in [-0.25, -0.2) is 0 Å². The Kier molecular flexibility index (Phi) is 5.15. The van der Waals surface area contributed by atoms with Crippen molar-refractivity contribution in [2.75, 3.05) is 5.32 Å². The number of aryl methyl sites for hydroxylation is 1. The van der Waals surface area contributed by atoms with Gasteiger partial charge in [0.2, 0.25) is 5.91 Å². The molecule has 0 heterocycles. The zero-order valence-electron chi connectivity index (χ0n) is 10.5. The Morgan fingerprint density at radius 2 is 2.12 bits per heavy atom. The predicted octanol–water partition coefficient (Wildman–Crippen LogP) is 3.07. The van der Waals surface area contributed by atoms with Crippen LogP contribution in [0.2, 0.25) is 0 Å². The lowest BCUT2D eigenvalue weighted by atomic mass is 10.0. The standard InChI is InChI=1S/C13H19BrN2O/c1-8(2)6-12(15)13(17)16-10-4-5-11(14)9(3)7-10/h4-5,7-8,12H,6,15H2,1-3H3,(H,16,17). The van der Waals surface area contributed by atoms with Crippen molar-refractivity contribution in [3.63, 3.8) is 0 Å². The van der Waals surface area contributed by atoms with E-state index in [1.54, 1.807) is 0 Å². The lowest BCUT2D eigenvalue weighted by Gasteiger charge is -2.14. The van der Waals surface area contributed by atoms with Gasteiger partial charge in [0, 0.05) is 10.2 Å². The van der Waals surface area contributed by atoms with Gasteiger partial charge < -0.3 is 11.1 Å². The van der Waals surface area contributed by atoms with Crippen molar-refractivity contribution in [2.45, 2.75) is 33.2 Å². The maximum atomic E-state index is 11.8. The van der Waals surface area contributed by atoms with Crippen molar-refractivity contribution in [2.24, 2.45) is 11.7 Å². The average Bonchev–Trinajstić information content (AvgIpc) is 2.22. The van der Waals surface area contributed by atoms with E-state index in [9.17, 15) is 4.79 Å². The van der Waals surface area contributed by atoms with Crippen molar-refractivity contribution in [1.29, 1.82) is 0 Å². The summed E-state index contributed by atoms with van der Waals surface area (Å²) >= 11 is 3.42. The first-order valence-electron chi connectivity index (χ1n) is 5.72. The van der Waals surface area contributed by atoms with E-state index in [0.29, 0.717) is 12.3 Å². The molecule has 0 radical (unpaired) electrons. The van der Waals surface area contributed by atoms with Gasteiger partial charge in [0.1, 0.15) is 0 Å². The van der Waals surface area contributed by atoms with Crippen molar-refractivity contribution in [1.82, 2.24) is 0 Å². The van der Waals surface area contributed by atoms with Gasteiger partial charge in [-0.05, 0) is 43.0 Å².